The summed E-state index contributed by atoms with van der Waals surface area (Å²) in [5.74, 6) is 2.19. The lowest BCUT2D eigenvalue weighted by atomic mass is 10.4. The molecule has 3 rings (SSSR count). The van der Waals surface area contributed by atoms with Crippen molar-refractivity contribution in [3.63, 3.8) is 0 Å². The van der Waals surface area contributed by atoms with Crippen molar-refractivity contribution in [2.24, 2.45) is 0 Å². The third-order valence-corrected chi connectivity index (χ3v) is 2.85. The van der Waals surface area contributed by atoms with Crippen LogP contribution in [0.1, 0.15) is 0 Å². The highest BCUT2D eigenvalue weighted by atomic mass is 15.5. The predicted molar refractivity (Wildman–Crippen MR) is 59.7 cm³/mol. The third-order valence-electron chi connectivity index (χ3n) is 2.85. The molecule has 15 heavy (non-hydrogen) atoms. The first kappa shape index (κ1) is 8.56. The number of hydrogen-bond acceptors (Lipinski definition) is 2. The first-order chi connectivity index (χ1) is 7.42. The molecule has 0 aromatic carbocycles. The zero-order valence-electron chi connectivity index (χ0n) is 8.37. The van der Waals surface area contributed by atoms with Crippen LogP contribution in [0, 0.1) is 0 Å². The van der Waals surface area contributed by atoms with Crippen LogP contribution in [0.5, 0.6) is 0 Å². The largest absolute Gasteiger partial charge is 0.234 e. The molecule has 3 nitrogen and oxygen atoms in total. The summed E-state index contributed by atoms with van der Waals surface area (Å²) >= 11 is 0. The maximum Gasteiger partial charge on any atom is 0.234 e. The Balaban J connectivity index is 2.06. The van der Waals surface area contributed by atoms with Gasteiger partial charge in [0.25, 0.3) is 0 Å². The van der Waals surface area contributed by atoms with E-state index in [4.69, 9.17) is 0 Å². The number of hydrogen-bond donors (Lipinski definition) is 0. The lowest BCUT2D eigenvalue weighted by Gasteiger charge is -2.13. The van der Waals surface area contributed by atoms with Gasteiger partial charge in [-0.1, -0.05) is 12.1 Å². The molecule has 1 aliphatic rings. The first-order valence-electron chi connectivity index (χ1n) is 5.12. The Hall–Kier alpha value is -1.74. The van der Waals surface area contributed by atoms with Crippen molar-refractivity contribution in [1.29, 1.82) is 0 Å². The van der Waals surface area contributed by atoms with Crippen LogP contribution >= 0.6 is 0 Å². The fourth-order valence-corrected chi connectivity index (χ4v) is 1.89. The van der Waals surface area contributed by atoms with E-state index in [0.29, 0.717) is 0 Å². The van der Waals surface area contributed by atoms with Crippen molar-refractivity contribution >= 4 is 11.6 Å². The van der Waals surface area contributed by atoms with E-state index in [-0.39, 0.29) is 0 Å². The number of quaternary nitrogens is 1. The summed E-state index contributed by atoms with van der Waals surface area (Å²) in [4.78, 5) is 8.84. The Kier molecular flexibility index (Phi) is 1.79. The van der Waals surface area contributed by atoms with E-state index in [2.05, 4.69) is 22.1 Å². The van der Waals surface area contributed by atoms with Crippen molar-refractivity contribution in [1.82, 2.24) is 14.5 Å². The standard InChI is InChI=1S/C12H12N3/c1-3-7-13-11(5-1)15(9-10-15)12-6-2-4-8-14-12/h1-8H,9-10H2/q+1. The lowest BCUT2D eigenvalue weighted by molar-refractivity contribution is 0.694. The van der Waals surface area contributed by atoms with Crippen LogP contribution in [0.3, 0.4) is 0 Å². The maximum absolute atomic E-state index is 4.42. The minimum absolute atomic E-state index is 0.807. The molecular formula is C12H12N3+. The number of aromatic nitrogens is 2. The molecule has 0 saturated carbocycles. The topological polar surface area (TPSA) is 25.8 Å². The fourth-order valence-electron chi connectivity index (χ4n) is 1.89. The molecule has 74 valence electrons. The summed E-state index contributed by atoms with van der Waals surface area (Å²) in [6.45, 7) is 2.21. The summed E-state index contributed by atoms with van der Waals surface area (Å²) in [6.07, 6.45) is 3.69. The van der Waals surface area contributed by atoms with E-state index in [1.165, 1.54) is 0 Å². The van der Waals surface area contributed by atoms with Crippen molar-refractivity contribution < 1.29 is 0 Å². The molecule has 0 aliphatic carbocycles. The summed E-state index contributed by atoms with van der Waals surface area (Å²) in [7, 11) is 0. The molecule has 2 aromatic rings. The van der Waals surface area contributed by atoms with E-state index in [0.717, 1.165) is 29.2 Å². The van der Waals surface area contributed by atoms with Gasteiger partial charge in [0.1, 0.15) is 13.1 Å². The molecular weight excluding hydrogens is 186 g/mol. The second kappa shape index (κ2) is 3.14. The second-order valence-electron chi connectivity index (χ2n) is 3.79. The van der Waals surface area contributed by atoms with E-state index >= 15 is 0 Å². The molecule has 0 bridgehead atoms. The van der Waals surface area contributed by atoms with Gasteiger partial charge in [-0.05, 0) is 12.1 Å². The Morgan fingerprint density at radius 1 is 0.800 bits per heavy atom. The average Bonchev–Trinajstić information content (AvgIpc) is 3.13. The van der Waals surface area contributed by atoms with Crippen LogP contribution in [-0.4, -0.2) is 23.1 Å². The minimum Gasteiger partial charge on any atom is -0.217 e. The molecule has 1 aliphatic heterocycles. The monoisotopic (exact) mass is 198 g/mol. The van der Waals surface area contributed by atoms with Gasteiger partial charge < -0.3 is 0 Å². The molecule has 1 saturated heterocycles. The molecule has 0 unspecified atom stereocenters. The van der Waals surface area contributed by atoms with E-state index in [9.17, 15) is 0 Å². The highest BCUT2D eigenvalue weighted by Gasteiger charge is 2.49. The molecule has 3 heterocycles. The van der Waals surface area contributed by atoms with Gasteiger partial charge >= 0.3 is 0 Å². The van der Waals surface area contributed by atoms with Gasteiger partial charge in [-0.15, -0.1) is 0 Å². The average molecular weight is 198 g/mol. The number of nitrogens with zero attached hydrogens (tertiary/aromatic N) is 3. The minimum atomic E-state index is 0.807. The van der Waals surface area contributed by atoms with Crippen LogP contribution < -0.4 is 4.48 Å². The van der Waals surface area contributed by atoms with Gasteiger partial charge in [0.05, 0.1) is 0 Å². The van der Waals surface area contributed by atoms with Crippen LogP contribution in [0.15, 0.2) is 48.8 Å². The first-order valence-corrected chi connectivity index (χ1v) is 5.12. The highest BCUT2D eigenvalue weighted by molar-refractivity contribution is 5.55. The smallest absolute Gasteiger partial charge is 0.217 e. The molecule has 0 amide bonds. The van der Waals surface area contributed by atoms with Crippen LogP contribution in [-0.2, 0) is 0 Å². The SMILES string of the molecule is c1ccc([N+]2(c3ccccn3)CC2)nc1. The summed E-state index contributed by atoms with van der Waals surface area (Å²) in [5, 5.41) is 0. The predicted octanol–water partition coefficient (Wildman–Crippen LogP) is 2.13. The molecule has 0 radical (unpaired) electrons. The Labute approximate surface area is 88.6 Å². The van der Waals surface area contributed by atoms with Gasteiger partial charge in [-0.2, -0.15) is 0 Å². The zero-order chi connectivity index (χ0) is 10.1. The Morgan fingerprint density at radius 3 is 1.67 bits per heavy atom. The van der Waals surface area contributed by atoms with E-state index in [1.54, 1.807) is 0 Å². The summed E-state index contributed by atoms with van der Waals surface area (Å²) < 4.78 is 0.807. The normalized spacial score (nSPS) is 17.3. The van der Waals surface area contributed by atoms with Gasteiger partial charge in [-0.3, -0.25) is 0 Å². The van der Waals surface area contributed by atoms with Crippen LogP contribution in [0.2, 0.25) is 0 Å². The molecule has 2 aromatic heterocycles. The zero-order valence-corrected chi connectivity index (χ0v) is 8.37. The van der Waals surface area contributed by atoms with Crippen molar-refractivity contribution in [3.8, 4) is 0 Å². The third kappa shape index (κ3) is 1.32. The van der Waals surface area contributed by atoms with Crippen molar-refractivity contribution in [2.45, 2.75) is 0 Å². The fraction of sp³-hybridized carbons (Fsp3) is 0.167. The lowest BCUT2D eigenvalue weighted by Crippen LogP contribution is -2.20. The second-order valence-corrected chi connectivity index (χ2v) is 3.79. The highest BCUT2D eigenvalue weighted by Crippen LogP contribution is 2.38. The molecule has 0 atom stereocenters. The molecule has 0 N–H and O–H groups in total. The Morgan fingerprint density at radius 2 is 1.33 bits per heavy atom. The maximum atomic E-state index is 4.42. The van der Waals surface area contributed by atoms with Gasteiger partial charge in [0.2, 0.25) is 11.6 Å². The van der Waals surface area contributed by atoms with Gasteiger partial charge in [0.15, 0.2) is 0 Å². The van der Waals surface area contributed by atoms with Crippen LogP contribution in [0.25, 0.3) is 0 Å². The number of pyridine rings is 2. The molecule has 1 fully saturated rings. The van der Waals surface area contributed by atoms with Crippen molar-refractivity contribution in [2.75, 3.05) is 13.1 Å². The van der Waals surface area contributed by atoms with Crippen molar-refractivity contribution in [3.05, 3.63) is 48.8 Å². The molecule has 3 heteroatoms. The van der Waals surface area contributed by atoms with Gasteiger partial charge in [-0.25, -0.2) is 14.5 Å². The summed E-state index contributed by atoms with van der Waals surface area (Å²) in [6, 6.07) is 12.1. The van der Waals surface area contributed by atoms with E-state index in [1.807, 2.05) is 36.7 Å². The van der Waals surface area contributed by atoms with E-state index < -0.39 is 0 Å². The molecule has 0 spiro atoms. The summed E-state index contributed by atoms with van der Waals surface area (Å²) in [5.41, 5.74) is 0. The van der Waals surface area contributed by atoms with Gasteiger partial charge in [0, 0.05) is 24.5 Å². The number of rotatable bonds is 2. The van der Waals surface area contributed by atoms with Crippen LogP contribution in [0.4, 0.5) is 11.6 Å². The Bertz CT molecular complexity index is 407. The quantitative estimate of drug-likeness (QED) is 0.545.